The molecule has 0 heterocycles. The summed E-state index contributed by atoms with van der Waals surface area (Å²) < 4.78 is 15.9. The van der Waals surface area contributed by atoms with Crippen molar-refractivity contribution < 1.29 is 23.8 Å². The number of hydrogen-bond acceptors (Lipinski definition) is 5. The average Bonchev–Trinajstić information content (AvgIpc) is 2.74. The van der Waals surface area contributed by atoms with Crippen molar-refractivity contribution in [1.82, 2.24) is 5.32 Å². The zero-order chi connectivity index (χ0) is 22.0. The predicted molar refractivity (Wildman–Crippen MR) is 117 cm³/mol. The van der Waals surface area contributed by atoms with Crippen LogP contribution in [0.3, 0.4) is 0 Å². The van der Waals surface area contributed by atoms with E-state index in [0.717, 1.165) is 16.9 Å². The van der Waals surface area contributed by atoms with Gasteiger partial charge < -0.3 is 19.5 Å². The molecule has 2 aromatic rings. The van der Waals surface area contributed by atoms with Gasteiger partial charge in [-0.2, -0.15) is 0 Å². The number of rotatable bonds is 10. The molecule has 0 bridgehead atoms. The Morgan fingerprint density at radius 2 is 1.63 bits per heavy atom. The lowest BCUT2D eigenvalue weighted by Crippen LogP contribution is -2.39. The van der Waals surface area contributed by atoms with E-state index in [9.17, 15) is 9.59 Å². The van der Waals surface area contributed by atoms with Gasteiger partial charge in [-0.3, -0.25) is 4.79 Å². The first-order valence-corrected chi connectivity index (χ1v) is 9.89. The number of esters is 1. The maximum Gasteiger partial charge on any atom is 0.349 e. The Balaban J connectivity index is 1.78. The highest BCUT2D eigenvalue weighted by atomic mass is 16.6. The minimum absolute atomic E-state index is 0.151. The van der Waals surface area contributed by atoms with Crippen LogP contribution < -0.4 is 14.8 Å². The van der Waals surface area contributed by atoms with Crippen LogP contribution in [-0.2, 0) is 20.7 Å². The van der Waals surface area contributed by atoms with Crippen molar-refractivity contribution in [2.24, 2.45) is 0 Å². The van der Waals surface area contributed by atoms with Gasteiger partial charge in [0.25, 0.3) is 0 Å². The molecule has 6 heteroatoms. The van der Waals surface area contributed by atoms with E-state index in [1.807, 2.05) is 48.5 Å². The van der Waals surface area contributed by atoms with Crippen LogP contribution in [-0.4, -0.2) is 37.7 Å². The fourth-order valence-electron chi connectivity index (χ4n) is 2.64. The van der Waals surface area contributed by atoms with Crippen LogP contribution in [0.25, 0.3) is 6.08 Å². The van der Waals surface area contributed by atoms with E-state index in [2.05, 4.69) is 5.32 Å². The lowest BCUT2D eigenvalue weighted by Gasteiger charge is -2.24. The summed E-state index contributed by atoms with van der Waals surface area (Å²) in [5.74, 6) is 0.808. The molecule has 30 heavy (non-hydrogen) atoms. The number of methoxy groups -OCH3 is 1. The Morgan fingerprint density at radius 1 is 1.00 bits per heavy atom. The van der Waals surface area contributed by atoms with Crippen LogP contribution in [0.5, 0.6) is 11.5 Å². The number of carbonyl (C=O) groups is 2. The molecule has 0 aromatic heterocycles. The largest absolute Gasteiger partial charge is 0.497 e. The summed E-state index contributed by atoms with van der Waals surface area (Å²) in [7, 11) is 1.61. The molecular formula is C24H29NO5. The molecule has 0 saturated heterocycles. The standard InChI is InChI=1S/C24H29NO5/c1-5-29-23(27)24(2,3)30-21-13-8-19(9-14-21)16-17-25-22(26)15-10-18-6-11-20(28-4)12-7-18/h6-15H,5,16-17H2,1-4H3,(H,25,26)/b15-10+. The second-order valence-corrected chi connectivity index (χ2v) is 7.12. The summed E-state index contributed by atoms with van der Waals surface area (Å²) in [6, 6.07) is 14.9. The van der Waals surface area contributed by atoms with E-state index in [0.29, 0.717) is 25.3 Å². The normalized spacial score (nSPS) is 11.2. The molecule has 6 nitrogen and oxygen atoms in total. The quantitative estimate of drug-likeness (QED) is 0.476. The first-order chi connectivity index (χ1) is 14.3. The molecule has 2 rings (SSSR count). The summed E-state index contributed by atoms with van der Waals surface area (Å²) >= 11 is 0. The van der Waals surface area contributed by atoms with Gasteiger partial charge in [0, 0.05) is 12.6 Å². The molecule has 2 aromatic carbocycles. The molecule has 0 aliphatic carbocycles. The maximum atomic E-state index is 12.0. The number of hydrogen-bond donors (Lipinski definition) is 1. The number of carbonyl (C=O) groups excluding carboxylic acids is 2. The van der Waals surface area contributed by atoms with Crippen LogP contribution in [0.2, 0.25) is 0 Å². The highest BCUT2D eigenvalue weighted by Crippen LogP contribution is 2.20. The van der Waals surface area contributed by atoms with Gasteiger partial charge in [-0.1, -0.05) is 24.3 Å². The lowest BCUT2D eigenvalue weighted by molar-refractivity contribution is -0.158. The van der Waals surface area contributed by atoms with Crippen LogP contribution in [0.1, 0.15) is 31.9 Å². The summed E-state index contributed by atoms with van der Waals surface area (Å²) in [5, 5.41) is 2.86. The van der Waals surface area contributed by atoms with Crippen LogP contribution in [0.4, 0.5) is 0 Å². The second kappa shape index (κ2) is 11.0. The second-order valence-electron chi connectivity index (χ2n) is 7.12. The molecule has 1 amide bonds. The molecule has 0 fully saturated rings. The average molecular weight is 411 g/mol. The smallest absolute Gasteiger partial charge is 0.349 e. The third-order valence-electron chi connectivity index (χ3n) is 4.32. The van der Waals surface area contributed by atoms with Crippen molar-refractivity contribution in [1.29, 1.82) is 0 Å². The van der Waals surface area contributed by atoms with Gasteiger partial charge in [0.1, 0.15) is 11.5 Å². The highest BCUT2D eigenvalue weighted by molar-refractivity contribution is 5.91. The van der Waals surface area contributed by atoms with E-state index in [1.54, 1.807) is 34.0 Å². The fourth-order valence-corrected chi connectivity index (χ4v) is 2.64. The summed E-state index contributed by atoms with van der Waals surface area (Å²) in [6.45, 7) is 5.93. The molecule has 0 aliphatic heterocycles. The third kappa shape index (κ3) is 7.28. The summed E-state index contributed by atoms with van der Waals surface area (Å²) in [6.07, 6.45) is 3.95. The topological polar surface area (TPSA) is 73.9 Å². The van der Waals surface area contributed by atoms with Gasteiger partial charge in [0.2, 0.25) is 5.91 Å². The molecule has 0 spiro atoms. The summed E-state index contributed by atoms with van der Waals surface area (Å²) in [5.41, 5.74) is 0.921. The first kappa shape index (κ1) is 23.0. The predicted octanol–water partition coefficient (Wildman–Crippen LogP) is 3.79. The van der Waals surface area contributed by atoms with Gasteiger partial charge in [-0.05, 0) is 68.7 Å². The molecule has 1 N–H and O–H groups in total. The zero-order valence-electron chi connectivity index (χ0n) is 17.9. The number of nitrogens with one attached hydrogen (secondary N) is 1. The Labute approximate surface area is 177 Å². The van der Waals surface area contributed by atoms with Gasteiger partial charge >= 0.3 is 5.97 Å². The van der Waals surface area contributed by atoms with E-state index in [1.165, 1.54) is 6.08 Å². The van der Waals surface area contributed by atoms with Crippen molar-refractivity contribution in [3.05, 3.63) is 65.7 Å². The van der Waals surface area contributed by atoms with Crippen LogP contribution >= 0.6 is 0 Å². The van der Waals surface area contributed by atoms with Crippen molar-refractivity contribution in [3.63, 3.8) is 0 Å². The molecule has 0 saturated carbocycles. The molecule has 0 atom stereocenters. The monoisotopic (exact) mass is 411 g/mol. The van der Waals surface area contributed by atoms with Crippen molar-refractivity contribution >= 4 is 18.0 Å². The third-order valence-corrected chi connectivity index (χ3v) is 4.32. The Bertz CT molecular complexity index is 854. The molecule has 0 unspecified atom stereocenters. The van der Waals surface area contributed by atoms with E-state index in [4.69, 9.17) is 14.2 Å². The number of amides is 1. The molecular weight excluding hydrogens is 382 g/mol. The van der Waals surface area contributed by atoms with Crippen LogP contribution in [0.15, 0.2) is 54.6 Å². The van der Waals surface area contributed by atoms with Crippen molar-refractivity contribution in [2.75, 3.05) is 20.3 Å². The first-order valence-electron chi connectivity index (χ1n) is 9.89. The maximum absolute atomic E-state index is 12.0. The minimum Gasteiger partial charge on any atom is -0.497 e. The molecule has 0 aliphatic rings. The Morgan fingerprint density at radius 3 is 2.23 bits per heavy atom. The molecule has 0 radical (unpaired) electrons. The van der Waals surface area contributed by atoms with E-state index < -0.39 is 11.6 Å². The highest BCUT2D eigenvalue weighted by Gasteiger charge is 2.31. The Hall–Kier alpha value is -3.28. The molecule has 160 valence electrons. The van der Waals surface area contributed by atoms with Gasteiger partial charge in [0.15, 0.2) is 5.60 Å². The Kier molecular flexibility index (Phi) is 8.47. The minimum atomic E-state index is -1.05. The van der Waals surface area contributed by atoms with Gasteiger partial charge in [0.05, 0.1) is 13.7 Å². The van der Waals surface area contributed by atoms with Crippen molar-refractivity contribution in [2.45, 2.75) is 32.8 Å². The van der Waals surface area contributed by atoms with Crippen molar-refractivity contribution in [3.8, 4) is 11.5 Å². The van der Waals surface area contributed by atoms with Gasteiger partial charge in [-0.25, -0.2) is 4.79 Å². The fraction of sp³-hybridized carbons (Fsp3) is 0.333. The van der Waals surface area contributed by atoms with Crippen LogP contribution in [0, 0.1) is 0 Å². The van der Waals surface area contributed by atoms with E-state index in [-0.39, 0.29) is 5.91 Å². The number of benzene rings is 2. The lowest BCUT2D eigenvalue weighted by atomic mass is 10.1. The summed E-state index contributed by atoms with van der Waals surface area (Å²) in [4.78, 5) is 23.9. The van der Waals surface area contributed by atoms with E-state index >= 15 is 0 Å². The van der Waals surface area contributed by atoms with Gasteiger partial charge in [-0.15, -0.1) is 0 Å². The zero-order valence-corrected chi connectivity index (χ0v) is 17.9. The SMILES string of the molecule is CCOC(=O)C(C)(C)Oc1ccc(CCNC(=O)/C=C/c2ccc(OC)cc2)cc1. The number of ether oxygens (including phenoxy) is 3.